The number of nitrogens with zero attached hydrogens (tertiary/aromatic N) is 1. The van der Waals surface area contributed by atoms with Crippen LogP contribution in [0.3, 0.4) is 0 Å². The number of hydrogen-bond acceptors (Lipinski definition) is 7. The fraction of sp³-hybridized carbons (Fsp3) is 0.414. The molecule has 2 aromatic carbocycles. The zero-order valence-electron chi connectivity index (χ0n) is 21.9. The van der Waals surface area contributed by atoms with Crippen LogP contribution in [0, 0.1) is 0 Å². The summed E-state index contributed by atoms with van der Waals surface area (Å²) in [6.45, 7) is 1.22. The highest BCUT2D eigenvalue weighted by atomic mass is 32.1. The van der Waals surface area contributed by atoms with Gasteiger partial charge in [0.05, 0.1) is 19.6 Å². The van der Waals surface area contributed by atoms with Crippen molar-refractivity contribution in [1.82, 2.24) is 15.5 Å². The first-order valence-electron chi connectivity index (χ1n) is 13.2. The Bertz CT molecular complexity index is 1110. The molecule has 1 atom stereocenters. The molecular weight excluding hydrogens is 518 g/mol. The van der Waals surface area contributed by atoms with Crippen LogP contribution in [0.1, 0.15) is 43.2 Å². The van der Waals surface area contributed by atoms with Gasteiger partial charge in [0, 0.05) is 32.4 Å². The number of esters is 2. The molecule has 0 spiro atoms. The molecule has 0 saturated carbocycles. The number of carbonyl (C=O) groups excluding carboxylic acids is 4. The molecule has 1 saturated heterocycles. The molecule has 39 heavy (non-hydrogen) atoms. The van der Waals surface area contributed by atoms with Crippen molar-refractivity contribution < 1.29 is 28.7 Å². The summed E-state index contributed by atoms with van der Waals surface area (Å²) in [5, 5.41) is 5.41. The van der Waals surface area contributed by atoms with Crippen molar-refractivity contribution in [3.05, 3.63) is 71.8 Å². The van der Waals surface area contributed by atoms with Gasteiger partial charge in [-0.25, -0.2) is 0 Å². The van der Waals surface area contributed by atoms with Gasteiger partial charge in [-0.15, -0.1) is 0 Å². The third-order valence-corrected chi connectivity index (χ3v) is 6.53. The number of carbonyl (C=O) groups is 4. The summed E-state index contributed by atoms with van der Waals surface area (Å²) in [6, 6.07) is 18.7. The van der Waals surface area contributed by atoms with E-state index in [2.05, 4.69) is 10.6 Å². The molecule has 1 heterocycles. The topological polar surface area (TPSA) is 114 Å². The van der Waals surface area contributed by atoms with Crippen LogP contribution in [0.25, 0.3) is 0 Å². The normalized spacial score (nSPS) is 14.7. The molecule has 0 aromatic heterocycles. The molecule has 1 fully saturated rings. The number of amides is 2. The summed E-state index contributed by atoms with van der Waals surface area (Å²) < 4.78 is 10.6. The van der Waals surface area contributed by atoms with Crippen molar-refractivity contribution in [2.75, 3.05) is 26.3 Å². The van der Waals surface area contributed by atoms with Crippen LogP contribution in [0.5, 0.6) is 0 Å². The second-order valence-electron chi connectivity index (χ2n) is 9.18. The number of benzene rings is 2. The number of piperazine rings is 1. The van der Waals surface area contributed by atoms with E-state index in [1.54, 1.807) is 0 Å². The van der Waals surface area contributed by atoms with Crippen molar-refractivity contribution >= 4 is 41.1 Å². The fourth-order valence-electron chi connectivity index (χ4n) is 4.13. The lowest BCUT2D eigenvalue weighted by atomic mass is 10.1. The highest BCUT2D eigenvalue weighted by Gasteiger charge is 2.34. The Morgan fingerprint density at radius 2 is 1.51 bits per heavy atom. The molecule has 0 bridgehead atoms. The highest BCUT2D eigenvalue weighted by Crippen LogP contribution is 2.12. The van der Waals surface area contributed by atoms with Gasteiger partial charge in [0.15, 0.2) is 5.11 Å². The van der Waals surface area contributed by atoms with E-state index in [9.17, 15) is 19.2 Å². The van der Waals surface area contributed by atoms with Crippen molar-refractivity contribution in [3.63, 3.8) is 0 Å². The largest absolute Gasteiger partial charge is 0.466 e. The van der Waals surface area contributed by atoms with Crippen LogP contribution in [0.2, 0.25) is 0 Å². The van der Waals surface area contributed by atoms with Crippen molar-refractivity contribution in [2.24, 2.45) is 0 Å². The zero-order chi connectivity index (χ0) is 27.9. The first-order valence-corrected chi connectivity index (χ1v) is 13.6. The van der Waals surface area contributed by atoms with E-state index in [1.165, 1.54) is 10.5 Å². The zero-order valence-corrected chi connectivity index (χ0v) is 22.8. The summed E-state index contributed by atoms with van der Waals surface area (Å²) in [5.74, 6) is -1.59. The SMILES string of the molecule is O=C(CCCC(=O)OCCCc1ccccc1)NC(=S)N1CCNC(=O)C1CC(=O)OCCc1ccccc1. The van der Waals surface area contributed by atoms with Gasteiger partial charge in [0.1, 0.15) is 6.04 Å². The van der Waals surface area contributed by atoms with Crippen LogP contribution in [0.4, 0.5) is 0 Å². The molecule has 1 aliphatic rings. The molecule has 1 unspecified atom stereocenters. The minimum Gasteiger partial charge on any atom is -0.466 e. The van der Waals surface area contributed by atoms with Crippen molar-refractivity contribution in [1.29, 1.82) is 0 Å². The average Bonchev–Trinajstić information content (AvgIpc) is 2.93. The van der Waals surface area contributed by atoms with Crippen molar-refractivity contribution in [3.8, 4) is 0 Å². The van der Waals surface area contributed by atoms with E-state index in [1.807, 2.05) is 60.7 Å². The molecule has 0 aliphatic carbocycles. The van der Waals surface area contributed by atoms with Gasteiger partial charge in [0.2, 0.25) is 11.8 Å². The second kappa shape index (κ2) is 16.2. The maximum absolute atomic E-state index is 12.5. The van der Waals surface area contributed by atoms with Crippen LogP contribution in [-0.4, -0.2) is 66.1 Å². The Balaban J connectivity index is 1.34. The van der Waals surface area contributed by atoms with Crippen LogP contribution in [-0.2, 0) is 41.5 Å². The van der Waals surface area contributed by atoms with Crippen molar-refractivity contribution in [2.45, 2.75) is 51.0 Å². The highest BCUT2D eigenvalue weighted by molar-refractivity contribution is 7.80. The first-order chi connectivity index (χ1) is 18.9. The lowest BCUT2D eigenvalue weighted by Crippen LogP contribution is -2.60. The molecule has 2 amide bonds. The van der Waals surface area contributed by atoms with Gasteiger partial charge in [-0.3, -0.25) is 19.2 Å². The predicted molar refractivity (Wildman–Crippen MR) is 150 cm³/mol. The van der Waals surface area contributed by atoms with Crippen LogP contribution in [0.15, 0.2) is 60.7 Å². The summed E-state index contributed by atoms with van der Waals surface area (Å²) in [5.41, 5.74) is 2.23. The van der Waals surface area contributed by atoms with Crippen LogP contribution >= 0.6 is 12.2 Å². The molecule has 1 aliphatic heterocycles. The number of rotatable bonds is 13. The molecular formula is C29H35N3O6S. The standard InChI is InChI=1S/C29H35N3O6S/c33-25(14-7-15-26(34)37-19-8-13-22-9-3-1-4-10-22)31-29(39)32-18-17-30-28(36)24(32)21-27(35)38-20-16-23-11-5-2-6-12-23/h1-6,9-12,24H,7-8,13-21H2,(H,30,36)(H,31,33,39). The first kappa shape index (κ1) is 29.8. The van der Waals surface area contributed by atoms with E-state index < -0.39 is 12.0 Å². The Hall–Kier alpha value is -3.79. The Morgan fingerprint density at radius 3 is 2.21 bits per heavy atom. The van der Waals surface area contributed by atoms with Gasteiger partial charge in [0.25, 0.3) is 0 Å². The Morgan fingerprint density at radius 1 is 0.872 bits per heavy atom. The summed E-state index contributed by atoms with van der Waals surface area (Å²) >= 11 is 5.37. The smallest absolute Gasteiger partial charge is 0.308 e. The Kier molecular flexibility index (Phi) is 12.4. The fourth-order valence-corrected chi connectivity index (χ4v) is 4.46. The van der Waals surface area contributed by atoms with Crippen LogP contribution < -0.4 is 10.6 Å². The van der Waals surface area contributed by atoms with Gasteiger partial charge >= 0.3 is 11.9 Å². The van der Waals surface area contributed by atoms with Gasteiger partial charge < -0.3 is 25.0 Å². The molecule has 0 radical (unpaired) electrons. The van der Waals surface area contributed by atoms with Gasteiger partial charge in [-0.1, -0.05) is 60.7 Å². The summed E-state index contributed by atoms with van der Waals surface area (Å²) in [7, 11) is 0. The summed E-state index contributed by atoms with van der Waals surface area (Å²) in [6.07, 6.45) is 2.45. The minimum atomic E-state index is -0.873. The number of nitrogens with one attached hydrogen (secondary N) is 2. The maximum atomic E-state index is 12.5. The van der Waals surface area contributed by atoms with E-state index in [0.717, 1.165) is 18.4 Å². The molecule has 2 aromatic rings. The average molecular weight is 554 g/mol. The quantitative estimate of drug-likeness (QED) is 0.221. The number of aryl methyl sites for hydroxylation is 1. The molecule has 10 heteroatoms. The lowest BCUT2D eigenvalue weighted by molar-refractivity contribution is -0.147. The van der Waals surface area contributed by atoms with E-state index in [0.29, 0.717) is 32.5 Å². The number of ether oxygens (including phenoxy) is 2. The van der Waals surface area contributed by atoms with E-state index in [4.69, 9.17) is 21.7 Å². The number of thiocarbonyl (C=S) groups is 1. The molecule has 3 rings (SSSR count). The third-order valence-electron chi connectivity index (χ3n) is 6.20. The number of hydrogen-bond donors (Lipinski definition) is 2. The monoisotopic (exact) mass is 553 g/mol. The maximum Gasteiger partial charge on any atom is 0.308 e. The predicted octanol–water partition coefficient (Wildman–Crippen LogP) is 2.71. The van der Waals surface area contributed by atoms with Gasteiger partial charge in [-0.2, -0.15) is 0 Å². The summed E-state index contributed by atoms with van der Waals surface area (Å²) in [4.78, 5) is 50.8. The van der Waals surface area contributed by atoms with Gasteiger partial charge in [-0.05, 0) is 42.6 Å². The molecule has 9 nitrogen and oxygen atoms in total. The van der Waals surface area contributed by atoms with E-state index in [-0.39, 0.29) is 48.8 Å². The lowest BCUT2D eigenvalue weighted by Gasteiger charge is -2.36. The second-order valence-corrected chi connectivity index (χ2v) is 9.56. The minimum absolute atomic E-state index is 0.0698. The molecule has 2 N–H and O–H groups in total. The van der Waals surface area contributed by atoms with E-state index >= 15 is 0 Å². The molecule has 208 valence electrons. The Labute approximate surface area is 234 Å². The third kappa shape index (κ3) is 10.8.